The summed E-state index contributed by atoms with van der Waals surface area (Å²) < 4.78 is 1.91. The van der Waals surface area contributed by atoms with Crippen LogP contribution in [0.4, 0.5) is 0 Å². The minimum absolute atomic E-state index is 0.183. The summed E-state index contributed by atoms with van der Waals surface area (Å²) in [5, 5.41) is 5.61. The van der Waals surface area contributed by atoms with Crippen LogP contribution in [0, 0.1) is 0 Å². The molecular weight excluding hydrogens is 365 g/mol. The first-order valence-electron chi connectivity index (χ1n) is 7.03. The molecule has 0 fully saturated rings. The van der Waals surface area contributed by atoms with E-state index in [1.165, 1.54) is 15.9 Å². The predicted octanol–water partition coefficient (Wildman–Crippen LogP) is 3.67. The predicted molar refractivity (Wildman–Crippen MR) is 97.8 cm³/mol. The Morgan fingerprint density at radius 3 is 2.21 bits per heavy atom. The van der Waals surface area contributed by atoms with E-state index in [1.807, 2.05) is 30.3 Å². The smallest absolute Gasteiger partial charge is 0.266 e. The minimum atomic E-state index is -0.183. The molecular formula is C17H9Cl2N3OS. The van der Waals surface area contributed by atoms with Crippen LogP contribution in [0.25, 0.3) is 22.4 Å². The molecule has 2 heterocycles. The Morgan fingerprint density at radius 2 is 1.58 bits per heavy atom. The highest BCUT2D eigenvalue weighted by molar-refractivity contribution is 7.15. The summed E-state index contributed by atoms with van der Waals surface area (Å²) in [4.78, 5) is 17.5. The van der Waals surface area contributed by atoms with Crippen molar-refractivity contribution in [1.82, 2.24) is 14.6 Å². The van der Waals surface area contributed by atoms with Crippen molar-refractivity contribution in [3.63, 3.8) is 0 Å². The molecule has 0 aliphatic heterocycles. The molecule has 0 saturated carbocycles. The number of nitrogens with zero attached hydrogens (tertiary/aromatic N) is 3. The molecule has 2 aromatic heterocycles. The zero-order valence-electron chi connectivity index (χ0n) is 12.1. The molecule has 4 aromatic rings. The number of hydrogen-bond donors (Lipinski definition) is 0. The second-order valence-corrected chi connectivity index (χ2v) is 6.99. The first-order chi connectivity index (χ1) is 11.6. The van der Waals surface area contributed by atoms with Crippen LogP contribution in [0.2, 0.25) is 10.0 Å². The highest BCUT2D eigenvalue weighted by Gasteiger charge is 2.11. The van der Waals surface area contributed by atoms with Crippen LogP contribution in [-0.4, -0.2) is 14.6 Å². The van der Waals surface area contributed by atoms with Gasteiger partial charge in [-0.2, -0.15) is 9.50 Å². The number of fused-ring (bicyclic) bond motifs is 1. The maximum Gasteiger partial charge on any atom is 0.291 e. The SMILES string of the molecule is O=c1c(=Cc2ccc(Cl)cc2)sc2nc(-c3ccc(Cl)cc3)nn12. The molecule has 4 nitrogen and oxygen atoms in total. The van der Waals surface area contributed by atoms with Crippen molar-refractivity contribution < 1.29 is 0 Å². The first-order valence-corrected chi connectivity index (χ1v) is 8.60. The molecule has 7 heteroatoms. The molecule has 2 aromatic carbocycles. The number of aromatic nitrogens is 3. The van der Waals surface area contributed by atoms with E-state index in [1.54, 1.807) is 24.3 Å². The average molecular weight is 374 g/mol. The van der Waals surface area contributed by atoms with Crippen LogP contribution in [-0.2, 0) is 0 Å². The van der Waals surface area contributed by atoms with E-state index in [0.29, 0.717) is 25.4 Å². The van der Waals surface area contributed by atoms with E-state index in [0.717, 1.165) is 11.1 Å². The fourth-order valence-corrected chi connectivity index (χ4v) is 3.43. The summed E-state index contributed by atoms with van der Waals surface area (Å²) >= 11 is 13.1. The van der Waals surface area contributed by atoms with Gasteiger partial charge >= 0.3 is 0 Å². The molecule has 24 heavy (non-hydrogen) atoms. The topological polar surface area (TPSA) is 47.3 Å². The Morgan fingerprint density at radius 1 is 0.958 bits per heavy atom. The lowest BCUT2D eigenvalue weighted by atomic mass is 10.2. The second kappa shape index (κ2) is 6.02. The number of rotatable bonds is 2. The fourth-order valence-electron chi connectivity index (χ4n) is 2.27. The van der Waals surface area contributed by atoms with Crippen molar-refractivity contribution in [1.29, 1.82) is 0 Å². The van der Waals surface area contributed by atoms with E-state index in [4.69, 9.17) is 23.2 Å². The first kappa shape index (κ1) is 15.3. The third kappa shape index (κ3) is 2.82. The van der Waals surface area contributed by atoms with Crippen molar-refractivity contribution in [3.05, 3.63) is 79.0 Å². The molecule has 0 atom stereocenters. The third-order valence-corrected chi connectivity index (χ3v) is 4.92. The van der Waals surface area contributed by atoms with Crippen LogP contribution < -0.4 is 10.1 Å². The normalized spacial score (nSPS) is 12.2. The van der Waals surface area contributed by atoms with Crippen molar-refractivity contribution in [2.45, 2.75) is 0 Å². The van der Waals surface area contributed by atoms with Gasteiger partial charge < -0.3 is 0 Å². The van der Waals surface area contributed by atoms with Gasteiger partial charge in [0.25, 0.3) is 5.56 Å². The van der Waals surface area contributed by atoms with Crippen LogP contribution in [0.5, 0.6) is 0 Å². The molecule has 0 aliphatic rings. The quantitative estimate of drug-likeness (QED) is 0.538. The monoisotopic (exact) mass is 373 g/mol. The lowest BCUT2D eigenvalue weighted by molar-refractivity contribution is 0.937. The van der Waals surface area contributed by atoms with E-state index in [9.17, 15) is 4.79 Å². The van der Waals surface area contributed by atoms with Crippen LogP contribution in [0.15, 0.2) is 53.3 Å². The number of thiazole rings is 1. The molecule has 0 amide bonds. The largest absolute Gasteiger partial charge is 0.291 e. The lowest BCUT2D eigenvalue weighted by Gasteiger charge is -1.94. The molecule has 0 unspecified atom stereocenters. The minimum Gasteiger partial charge on any atom is -0.266 e. The van der Waals surface area contributed by atoms with Gasteiger partial charge in [-0.15, -0.1) is 5.10 Å². The van der Waals surface area contributed by atoms with Gasteiger partial charge in [-0.25, -0.2) is 0 Å². The molecule has 0 bridgehead atoms. The summed E-state index contributed by atoms with van der Waals surface area (Å²) in [5.74, 6) is 0.507. The van der Waals surface area contributed by atoms with Crippen LogP contribution in [0.3, 0.4) is 0 Å². The highest BCUT2D eigenvalue weighted by Crippen LogP contribution is 2.19. The molecule has 0 aliphatic carbocycles. The third-order valence-electron chi connectivity index (χ3n) is 3.45. The maximum atomic E-state index is 12.5. The van der Waals surface area contributed by atoms with Gasteiger partial charge in [-0.3, -0.25) is 4.79 Å². The van der Waals surface area contributed by atoms with Crippen molar-refractivity contribution >= 4 is 45.6 Å². The Labute approximate surface area is 150 Å². The Kier molecular flexibility index (Phi) is 3.84. The van der Waals surface area contributed by atoms with Gasteiger partial charge in [0.2, 0.25) is 4.96 Å². The molecule has 0 spiro atoms. The summed E-state index contributed by atoms with van der Waals surface area (Å²) in [6, 6.07) is 14.5. The summed E-state index contributed by atoms with van der Waals surface area (Å²) in [6.07, 6.45) is 1.81. The van der Waals surface area contributed by atoms with E-state index in [-0.39, 0.29) is 5.56 Å². The lowest BCUT2D eigenvalue weighted by Crippen LogP contribution is -2.23. The van der Waals surface area contributed by atoms with E-state index < -0.39 is 0 Å². The second-order valence-electron chi connectivity index (χ2n) is 5.10. The summed E-state index contributed by atoms with van der Waals surface area (Å²) in [7, 11) is 0. The summed E-state index contributed by atoms with van der Waals surface area (Å²) in [5.41, 5.74) is 1.54. The highest BCUT2D eigenvalue weighted by atomic mass is 35.5. The van der Waals surface area contributed by atoms with Crippen molar-refractivity contribution in [2.24, 2.45) is 0 Å². The number of benzene rings is 2. The zero-order valence-corrected chi connectivity index (χ0v) is 14.4. The molecule has 4 rings (SSSR count). The molecule has 0 N–H and O–H groups in total. The number of hydrogen-bond acceptors (Lipinski definition) is 4. The van der Waals surface area contributed by atoms with Gasteiger partial charge in [0, 0.05) is 15.6 Å². The average Bonchev–Trinajstić information content (AvgIpc) is 3.11. The van der Waals surface area contributed by atoms with Gasteiger partial charge in [-0.1, -0.05) is 46.7 Å². The van der Waals surface area contributed by atoms with E-state index >= 15 is 0 Å². The molecule has 118 valence electrons. The molecule has 0 saturated heterocycles. The Hall–Kier alpha value is -2.21. The van der Waals surface area contributed by atoms with Gasteiger partial charge in [0.15, 0.2) is 5.82 Å². The van der Waals surface area contributed by atoms with E-state index in [2.05, 4.69) is 10.1 Å². The Bertz CT molecular complexity index is 1130. The number of halogens is 2. The Balaban J connectivity index is 1.79. The summed E-state index contributed by atoms with van der Waals surface area (Å²) in [6.45, 7) is 0. The standard InChI is InChI=1S/C17H9Cl2N3OS/c18-12-5-1-10(2-6-12)9-14-16(23)22-17(24-14)20-15(21-22)11-3-7-13(19)8-4-11/h1-9H. The fraction of sp³-hybridized carbons (Fsp3) is 0. The van der Waals surface area contributed by atoms with Crippen molar-refractivity contribution in [3.8, 4) is 11.4 Å². The van der Waals surface area contributed by atoms with Crippen LogP contribution >= 0.6 is 34.5 Å². The molecule has 0 radical (unpaired) electrons. The van der Waals surface area contributed by atoms with Gasteiger partial charge in [0.1, 0.15) is 0 Å². The van der Waals surface area contributed by atoms with Gasteiger partial charge in [-0.05, 0) is 48.0 Å². The van der Waals surface area contributed by atoms with Crippen molar-refractivity contribution in [2.75, 3.05) is 0 Å². The van der Waals surface area contributed by atoms with Gasteiger partial charge in [0.05, 0.1) is 4.53 Å². The maximum absolute atomic E-state index is 12.5. The zero-order chi connectivity index (χ0) is 16.7. The van der Waals surface area contributed by atoms with Crippen LogP contribution in [0.1, 0.15) is 5.56 Å².